The lowest BCUT2D eigenvalue weighted by atomic mass is 10.2. The van der Waals surface area contributed by atoms with Gasteiger partial charge in [0, 0.05) is 18.9 Å². The second kappa shape index (κ2) is 9.86. The van der Waals surface area contributed by atoms with Gasteiger partial charge >= 0.3 is 12.1 Å². The molecule has 1 aromatic carbocycles. The molecule has 154 valence electrons. The molecule has 3 rings (SSSR count). The molecule has 0 radical (unpaired) electrons. The summed E-state index contributed by atoms with van der Waals surface area (Å²) in [5.41, 5.74) is 2.05. The van der Waals surface area contributed by atoms with Crippen LogP contribution in [0.25, 0.3) is 5.69 Å². The van der Waals surface area contributed by atoms with E-state index in [2.05, 4.69) is 15.5 Å². The average molecular weight is 397 g/mol. The van der Waals surface area contributed by atoms with Crippen molar-refractivity contribution in [3.05, 3.63) is 54.1 Å². The monoisotopic (exact) mass is 397 g/mol. The van der Waals surface area contributed by atoms with Gasteiger partial charge in [-0.05, 0) is 36.4 Å². The number of aromatic nitrogens is 4. The van der Waals surface area contributed by atoms with E-state index in [4.69, 9.17) is 9.47 Å². The fraction of sp³-hybridized carbons (Fsp3) is 0.429. The zero-order valence-corrected chi connectivity index (χ0v) is 17.1. The van der Waals surface area contributed by atoms with Crippen molar-refractivity contribution < 1.29 is 14.3 Å². The number of amides is 1. The van der Waals surface area contributed by atoms with E-state index in [-0.39, 0.29) is 18.1 Å². The molecule has 0 bridgehead atoms. The molecule has 0 unspecified atom stereocenters. The molecule has 0 saturated carbocycles. The lowest BCUT2D eigenvalue weighted by Crippen LogP contribution is -2.32. The molecule has 0 spiro atoms. The smallest absolute Gasteiger partial charge is 0.409 e. The Balaban J connectivity index is 1.48. The number of tetrazole rings is 1. The molecule has 8 nitrogen and oxygen atoms in total. The maximum Gasteiger partial charge on any atom is 0.409 e. The van der Waals surface area contributed by atoms with E-state index in [9.17, 15) is 4.79 Å². The molecule has 2 heterocycles. The van der Waals surface area contributed by atoms with E-state index in [1.165, 1.54) is 5.57 Å². The highest BCUT2D eigenvalue weighted by Crippen LogP contribution is 2.19. The summed E-state index contributed by atoms with van der Waals surface area (Å²) in [5, 5.41) is 11.6. The van der Waals surface area contributed by atoms with Crippen LogP contribution >= 0.6 is 0 Å². The van der Waals surface area contributed by atoms with E-state index < -0.39 is 0 Å². The molecule has 0 N–H and O–H groups in total. The van der Waals surface area contributed by atoms with E-state index in [1.807, 2.05) is 69.3 Å². The first-order valence-electron chi connectivity index (χ1n) is 9.77. The minimum atomic E-state index is -0.318. The minimum Gasteiger partial charge on any atom is -0.457 e. The summed E-state index contributed by atoms with van der Waals surface area (Å²) < 4.78 is 12.9. The highest BCUT2D eigenvalue weighted by Gasteiger charge is 2.30. The molecule has 1 aromatic heterocycles. The number of allylic oxidation sites excluding steroid dienone is 3. The fourth-order valence-electron chi connectivity index (χ4n) is 2.91. The van der Waals surface area contributed by atoms with Crippen LogP contribution in [0.3, 0.4) is 0 Å². The van der Waals surface area contributed by atoms with Gasteiger partial charge in [-0.15, -0.1) is 0 Å². The van der Waals surface area contributed by atoms with Crippen molar-refractivity contribution in [3.63, 3.8) is 0 Å². The number of para-hydroxylation sites is 1. The van der Waals surface area contributed by atoms with Crippen LogP contribution in [0.5, 0.6) is 6.01 Å². The summed E-state index contributed by atoms with van der Waals surface area (Å²) in [6.07, 6.45) is 6.26. The number of rotatable bonds is 7. The second-order valence-electron chi connectivity index (χ2n) is 7.37. The van der Waals surface area contributed by atoms with Gasteiger partial charge in [0.1, 0.15) is 6.10 Å². The third-order valence-corrected chi connectivity index (χ3v) is 4.46. The SMILES string of the molecule is CC(C)=C/C=C/[C@@H](C)COC(=O)N1CC[C@@H](Oc2nnnn2-c2ccccc2)C1. The van der Waals surface area contributed by atoms with Crippen LogP contribution < -0.4 is 4.74 Å². The van der Waals surface area contributed by atoms with E-state index >= 15 is 0 Å². The third kappa shape index (κ3) is 5.91. The Morgan fingerprint density at radius 2 is 2.10 bits per heavy atom. The summed E-state index contributed by atoms with van der Waals surface area (Å²) in [6.45, 7) is 7.47. The molecule has 2 atom stereocenters. The molecule has 0 aliphatic carbocycles. The topological polar surface area (TPSA) is 82.4 Å². The minimum absolute atomic E-state index is 0.152. The molecular weight excluding hydrogens is 370 g/mol. The molecule has 1 amide bonds. The maximum absolute atomic E-state index is 12.3. The molecule has 1 fully saturated rings. The molecule has 1 aliphatic heterocycles. The Labute approximate surface area is 170 Å². The predicted octanol–water partition coefficient (Wildman–Crippen LogP) is 3.41. The van der Waals surface area contributed by atoms with Crippen molar-refractivity contribution in [2.45, 2.75) is 33.3 Å². The van der Waals surface area contributed by atoms with Crippen LogP contribution in [0.1, 0.15) is 27.2 Å². The van der Waals surface area contributed by atoms with Crippen LogP contribution in [-0.2, 0) is 4.74 Å². The van der Waals surface area contributed by atoms with Gasteiger partial charge in [0.05, 0.1) is 18.8 Å². The third-order valence-electron chi connectivity index (χ3n) is 4.46. The van der Waals surface area contributed by atoms with Gasteiger partial charge in [-0.1, -0.05) is 54.0 Å². The Kier molecular flexibility index (Phi) is 6.99. The predicted molar refractivity (Wildman–Crippen MR) is 109 cm³/mol. The largest absolute Gasteiger partial charge is 0.457 e. The molecule has 8 heteroatoms. The van der Waals surface area contributed by atoms with E-state index in [0.717, 1.165) is 5.69 Å². The Morgan fingerprint density at radius 1 is 1.31 bits per heavy atom. The van der Waals surface area contributed by atoms with Crippen molar-refractivity contribution in [1.82, 2.24) is 25.1 Å². The number of carbonyl (C=O) groups excluding carboxylic acids is 1. The van der Waals surface area contributed by atoms with Crippen LogP contribution in [0, 0.1) is 5.92 Å². The van der Waals surface area contributed by atoms with Crippen molar-refractivity contribution >= 4 is 6.09 Å². The number of likely N-dealkylation sites (tertiary alicyclic amines) is 1. The summed E-state index contributed by atoms with van der Waals surface area (Å²) in [5.74, 6) is 0.152. The highest BCUT2D eigenvalue weighted by atomic mass is 16.6. The van der Waals surface area contributed by atoms with Crippen LogP contribution in [0.2, 0.25) is 0 Å². The molecular formula is C21H27N5O3. The van der Waals surface area contributed by atoms with Crippen LogP contribution in [0.15, 0.2) is 54.1 Å². The molecule has 1 aliphatic rings. The highest BCUT2D eigenvalue weighted by molar-refractivity contribution is 5.68. The molecule has 1 saturated heterocycles. The summed E-state index contributed by atoms with van der Waals surface area (Å²) >= 11 is 0. The maximum atomic E-state index is 12.3. The van der Waals surface area contributed by atoms with Gasteiger partial charge in [-0.25, -0.2) is 4.79 Å². The summed E-state index contributed by atoms with van der Waals surface area (Å²) in [6, 6.07) is 9.85. The zero-order valence-electron chi connectivity index (χ0n) is 17.1. The van der Waals surface area contributed by atoms with Crippen molar-refractivity contribution in [1.29, 1.82) is 0 Å². The molecule has 29 heavy (non-hydrogen) atoms. The average Bonchev–Trinajstić information content (AvgIpc) is 3.36. The second-order valence-corrected chi connectivity index (χ2v) is 7.37. The quantitative estimate of drug-likeness (QED) is 0.666. The van der Waals surface area contributed by atoms with Gasteiger partial charge in [-0.2, -0.15) is 4.68 Å². The van der Waals surface area contributed by atoms with Gasteiger partial charge in [0.2, 0.25) is 0 Å². The van der Waals surface area contributed by atoms with Gasteiger partial charge in [-0.3, -0.25) is 0 Å². The summed E-state index contributed by atoms with van der Waals surface area (Å²) in [4.78, 5) is 14.0. The molecule has 2 aromatic rings. The zero-order chi connectivity index (χ0) is 20.6. The summed E-state index contributed by atoms with van der Waals surface area (Å²) in [7, 11) is 0. The number of nitrogens with zero attached hydrogens (tertiary/aromatic N) is 5. The first-order valence-corrected chi connectivity index (χ1v) is 9.77. The van der Waals surface area contributed by atoms with Crippen molar-refractivity contribution in [3.8, 4) is 11.7 Å². The van der Waals surface area contributed by atoms with E-state index in [0.29, 0.717) is 32.1 Å². The van der Waals surface area contributed by atoms with Gasteiger partial charge in [0.15, 0.2) is 0 Å². The first-order chi connectivity index (χ1) is 14.0. The normalized spacial score (nSPS) is 17.3. The van der Waals surface area contributed by atoms with Crippen LogP contribution in [0.4, 0.5) is 4.79 Å². The number of ether oxygens (including phenoxy) is 2. The Morgan fingerprint density at radius 3 is 2.86 bits per heavy atom. The standard InChI is InChI=1S/C21H27N5O3/c1-16(2)8-7-9-17(3)15-28-21(27)25-13-12-19(14-25)29-20-22-23-24-26(20)18-10-5-4-6-11-18/h4-11,17,19H,12-15H2,1-3H3/b9-7+/t17-,19-/m1/s1. The van der Waals surface area contributed by atoms with Gasteiger partial charge in [0.25, 0.3) is 0 Å². The van der Waals surface area contributed by atoms with E-state index in [1.54, 1.807) is 9.58 Å². The fourth-order valence-corrected chi connectivity index (χ4v) is 2.91. The number of carbonyl (C=O) groups is 1. The first kappa shape index (κ1) is 20.6. The number of hydrogen-bond acceptors (Lipinski definition) is 6. The van der Waals surface area contributed by atoms with Gasteiger partial charge < -0.3 is 14.4 Å². The van der Waals surface area contributed by atoms with Crippen molar-refractivity contribution in [2.75, 3.05) is 19.7 Å². The number of hydrogen-bond donors (Lipinski definition) is 0. The Bertz CT molecular complexity index is 858. The van der Waals surface area contributed by atoms with Crippen LogP contribution in [-0.4, -0.2) is 57.0 Å². The Hall–Kier alpha value is -3.16. The lowest BCUT2D eigenvalue weighted by Gasteiger charge is -2.17. The van der Waals surface area contributed by atoms with Crippen molar-refractivity contribution in [2.24, 2.45) is 5.92 Å². The lowest BCUT2D eigenvalue weighted by molar-refractivity contribution is 0.0970. The number of benzene rings is 1.